The van der Waals surface area contributed by atoms with E-state index < -0.39 is 10.0 Å². The van der Waals surface area contributed by atoms with Crippen LogP contribution in [0.2, 0.25) is 0 Å². The molecule has 0 aromatic heterocycles. The fraction of sp³-hybridized carbons (Fsp3) is 0.600. The van der Waals surface area contributed by atoms with Gasteiger partial charge in [0.2, 0.25) is 10.0 Å². The highest BCUT2D eigenvalue weighted by Crippen LogP contribution is 2.27. The fourth-order valence-corrected chi connectivity index (χ4v) is 4.14. The predicted octanol–water partition coefficient (Wildman–Crippen LogP) is 2.61. The molecule has 1 aliphatic rings. The summed E-state index contributed by atoms with van der Waals surface area (Å²) in [7, 11) is -3.24. The number of sulfonamides is 1. The Hall–Kier alpha value is -1.07. The van der Waals surface area contributed by atoms with Crippen molar-refractivity contribution in [2.24, 2.45) is 5.73 Å². The molecule has 3 N–H and O–H groups in total. The molecule has 0 atom stereocenters. The monoisotopic (exact) mass is 296 g/mol. The van der Waals surface area contributed by atoms with E-state index in [1.807, 2.05) is 24.3 Å². The number of hydrogen-bond donors (Lipinski definition) is 2. The van der Waals surface area contributed by atoms with E-state index in [9.17, 15) is 8.42 Å². The summed E-state index contributed by atoms with van der Waals surface area (Å²) in [4.78, 5) is 0. The fourth-order valence-electron chi connectivity index (χ4n) is 2.55. The van der Waals surface area contributed by atoms with Gasteiger partial charge in [0.15, 0.2) is 0 Å². The van der Waals surface area contributed by atoms with Gasteiger partial charge in [0.05, 0.1) is 5.25 Å². The average molecular weight is 296 g/mol. The molecule has 0 radical (unpaired) electrons. The van der Waals surface area contributed by atoms with Crippen molar-refractivity contribution in [3.8, 4) is 0 Å². The van der Waals surface area contributed by atoms with Gasteiger partial charge in [-0.05, 0) is 30.5 Å². The molecule has 2 rings (SSSR count). The summed E-state index contributed by atoms with van der Waals surface area (Å²) in [6, 6.07) is 7.53. The summed E-state index contributed by atoms with van der Waals surface area (Å²) in [6.07, 6.45) is 3.56. The zero-order chi connectivity index (χ0) is 14.8. The molecule has 1 saturated carbocycles. The van der Waals surface area contributed by atoms with E-state index in [0.29, 0.717) is 12.2 Å². The van der Waals surface area contributed by atoms with E-state index in [0.717, 1.165) is 31.2 Å². The molecule has 1 aromatic carbocycles. The van der Waals surface area contributed by atoms with Crippen LogP contribution in [0, 0.1) is 0 Å². The molecule has 0 saturated heterocycles. The third-order valence-electron chi connectivity index (χ3n) is 4.18. The van der Waals surface area contributed by atoms with Gasteiger partial charge in [0.1, 0.15) is 0 Å². The Bertz CT molecular complexity index is 544. The lowest BCUT2D eigenvalue weighted by atomic mass is 9.85. The maximum absolute atomic E-state index is 12.2. The van der Waals surface area contributed by atoms with Crippen molar-refractivity contribution in [3.63, 3.8) is 0 Å². The average Bonchev–Trinajstić information content (AvgIpc) is 2.93. The highest BCUT2D eigenvalue weighted by molar-refractivity contribution is 7.93. The highest BCUT2D eigenvalue weighted by atomic mass is 32.2. The standard InChI is InChI=1S/C15H24N2O2S/c1-15(2,11-16)12-7-9-13(10-8-12)17-20(18,19)14-5-3-4-6-14/h7-10,14,17H,3-6,11,16H2,1-2H3. The maximum atomic E-state index is 12.2. The molecular weight excluding hydrogens is 272 g/mol. The number of rotatable bonds is 5. The number of nitrogens with one attached hydrogen (secondary N) is 1. The van der Waals surface area contributed by atoms with E-state index in [4.69, 9.17) is 5.73 Å². The van der Waals surface area contributed by atoms with Gasteiger partial charge in [-0.25, -0.2) is 8.42 Å². The third kappa shape index (κ3) is 3.33. The van der Waals surface area contributed by atoms with Crippen molar-refractivity contribution < 1.29 is 8.42 Å². The van der Waals surface area contributed by atoms with E-state index in [1.165, 1.54) is 0 Å². The second-order valence-corrected chi connectivity index (χ2v) is 8.18. The molecule has 1 aliphatic carbocycles. The first kappa shape index (κ1) is 15.3. The summed E-state index contributed by atoms with van der Waals surface area (Å²) >= 11 is 0. The van der Waals surface area contributed by atoms with Crippen molar-refractivity contribution in [1.82, 2.24) is 0 Å². The molecule has 0 amide bonds. The molecule has 0 bridgehead atoms. The minimum Gasteiger partial charge on any atom is -0.330 e. The van der Waals surface area contributed by atoms with Crippen molar-refractivity contribution in [2.45, 2.75) is 50.2 Å². The molecule has 0 unspecified atom stereocenters. The zero-order valence-corrected chi connectivity index (χ0v) is 13.0. The van der Waals surface area contributed by atoms with E-state index in [2.05, 4.69) is 18.6 Å². The first-order valence-corrected chi connectivity index (χ1v) is 8.72. The molecule has 4 nitrogen and oxygen atoms in total. The van der Waals surface area contributed by atoms with E-state index >= 15 is 0 Å². The molecule has 1 fully saturated rings. The minimum absolute atomic E-state index is 0.0944. The first-order chi connectivity index (χ1) is 9.35. The Kier molecular flexibility index (Phi) is 4.39. The molecular formula is C15H24N2O2S. The molecule has 0 heterocycles. The molecule has 5 heteroatoms. The van der Waals surface area contributed by atoms with Crippen LogP contribution in [-0.4, -0.2) is 20.2 Å². The summed E-state index contributed by atoms with van der Waals surface area (Å²) < 4.78 is 27.1. The van der Waals surface area contributed by atoms with Crippen molar-refractivity contribution in [3.05, 3.63) is 29.8 Å². The van der Waals surface area contributed by atoms with Gasteiger partial charge < -0.3 is 5.73 Å². The van der Waals surface area contributed by atoms with E-state index in [-0.39, 0.29) is 10.7 Å². The van der Waals surface area contributed by atoms with Crippen LogP contribution in [0.4, 0.5) is 5.69 Å². The van der Waals surface area contributed by atoms with Crippen molar-refractivity contribution in [1.29, 1.82) is 0 Å². The van der Waals surface area contributed by atoms with Crippen molar-refractivity contribution >= 4 is 15.7 Å². The topological polar surface area (TPSA) is 72.2 Å². The van der Waals surface area contributed by atoms with Crippen LogP contribution < -0.4 is 10.5 Å². The smallest absolute Gasteiger partial charge is 0.235 e. The number of hydrogen-bond acceptors (Lipinski definition) is 3. The number of anilines is 1. The maximum Gasteiger partial charge on any atom is 0.235 e. The Balaban J connectivity index is 2.11. The Morgan fingerprint density at radius 2 is 1.75 bits per heavy atom. The number of benzene rings is 1. The van der Waals surface area contributed by atoms with Gasteiger partial charge in [-0.2, -0.15) is 0 Å². The first-order valence-electron chi connectivity index (χ1n) is 7.17. The van der Waals surface area contributed by atoms with Gasteiger partial charge in [-0.1, -0.05) is 38.8 Å². The van der Waals surface area contributed by atoms with E-state index in [1.54, 1.807) is 0 Å². The van der Waals surface area contributed by atoms with Crippen LogP contribution in [0.25, 0.3) is 0 Å². The van der Waals surface area contributed by atoms with Crippen LogP contribution in [-0.2, 0) is 15.4 Å². The van der Waals surface area contributed by atoms with Gasteiger partial charge in [0, 0.05) is 17.6 Å². The van der Waals surface area contributed by atoms with Crippen LogP contribution in [0.3, 0.4) is 0 Å². The van der Waals surface area contributed by atoms with Gasteiger partial charge >= 0.3 is 0 Å². The second kappa shape index (κ2) is 5.74. The van der Waals surface area contributed by atoms with Gasteiger partial charge in [0.25, 0.3) is 0 Å². The predicted molar refractivity (Wildman–Crippen MR) is 83.3 cm³/mol. The Labute approximate surface area is 121 Å². The normalized spacial score (nSPS) is 17.4. The van der Waals surface area contributed by atoms with Crippen LogP contribution in [0.1, 0.15) is 45.1 Å². The largest absolute Gasteiger partial charge is 0.330 e. The quantitative estimate of drug-likeness (QED) is 0.877. The lowest BCUT2D eigenvalue weighted by Gasteiger charge is -2.23. The van der Waals surface area contributed by atoms with Crippen molar-refractivity contribution in [2.75, 3.05) is 11.3 Å². The zero-order valence-electron chi connectivity index (χ0n) is 12.2. The molecule has 0 spiro atoms. The molecule has 112 valence electrons. The third-order valence-corrected chi connectivity index (χ3v) is 6.05. The Morgan fingerprint density at radius 3 is 2.25 bits per heavy atom. The van der Waals surface area contributed by atoms with Crippen LogP contribution in [0.5, 0.6) is 0 Å². The lowest BCUT2D eigenvalue weighted by Crippen LogP contribution is -2.28. The van der Waals surface area contributed by atoms with Crippen LogP contribution >= 0.6 is 0 Å². The lowest BCUT2D eigenvalue weighted by molar-refractivity contribution is 0.539. The van der Waals surface area contributed by atoms with Gasteiger partial charge in [-0.15, -0.1) is 0 Å². The molecule has 20 heavy (non-hydrogen) atoms. The summed E-state index contributed by atoms with van der Waals surface area (Å²) in [5, 5.41) is -0.234. The summed E-state index contributed by atoms with van der Waals surface area (Å²) in [5.41, 5.74) is 7.40. The van der Waals surface area contributed by atoms with Crippen LogP contribution in [0.15, 0.2) is 24.3 Å². The SMILES string of the molecule is CC(C)(CN)c1ccc(NS(=O)(=O)C2CCCC2)cc1. The minimum atomic E-state index is -3.24. The Morgan fingerprint density at radius 1 is 1.20 bits per heavy atom. The molecule has 1 aromatic rings. The molecule has 0 aliphatic heterocycles. The number of nitrogens with two attached hydrogens (primary N) is 1. The summed E-state index contributed by atoms with van der Waals surface area (Å²) in [6.45, 7) is 4.70. The highest BCUT2D eigenvalue weighted by Gasteiger charge is 2.28. The summed E-state index contributed by atoms with van der Waals surface area (Å²) in [5.74, 6) is 0. The second-order valence-electron chi connectivity index (χ2n) is 6.22. The van der Waals surface area contributed by atoms with Gasteiger partial charge in [-0.3, -0.25) is 4.72 Å².